The van der Waals surface area contributed by atoms with Crippen LogP contribution in [0, 0.1) is 5.92 Å². The third-order valence-corrected chi connectivity index (χ3v) is 0.987. The van der Waals surface area contributed by atoms with E-state index in [0.717, 1.165) is 0 Å². The first-order valence-electron chi connectivity index (χ1n) is 3.57. The van der Waals surface area contributed by atoms with Crippen LogP contribution in [-0.2, 0) is 9.53 Å². The van der Waals surface area contributed by atoms with Crippen LogP contribution in [0.5, 0.6) is 0 Å². The molecule has 2 heteroatoms. The average molecular weight is 154 g/mol. The molecule has 0 fully saturated rings. The highest BCUT2D eigenvalue weighted by Crippen LogP contribution is 1.96. The largest absolute Gasteiger partial charge is 0.431 e. The van der Waals surface area contributed by atoms with Crippen molar-refractivity contribution in [3.63, 3.8) is 0 Å². The Morgan fingerprint density at radius 1 is 1.55 bits per heavy atom. The van der Waals surface area contributed by atoms with Crippen molar-refractivity contribution in [3.05, 3.63) is 24.5 Å². The minimum Gasteiger partial charge on any atom is -0.431 e. The van der Waals surface area contributed by atoms with Gasteiger partial charge in [-0.15, -0.1) is 0 Å². The molecule has 0 heterocycles. The molecule has 0 aliphatic carbocycles. The van der Waals surface area contributed by atoms with E-state index >= 15 is 0 Å². The van der Waals surface area contributed by atoms with Crippen LogP contribution in [0.2, 0.25) is 0 Å². The summed E-state index contributed by atoms with van der Waals surface area (Å²) in [5.41, 5.74) is 0.415. The first-order valence-corrected chi connectivity index (χ1v) is 3.57. The summed E-state index contributed by atoms with van der Waals surface area (Å²) in [6, 6.07) is 0. The highest BCUT2D eigenvalue weighted by Gasteiger charge is 1.98. The van der Waals surface area contributed by atoms with E-state index in [9.17, 15) is 4.79 Å². The Labute approximate surface area is 67.6 Å². The predicted octanol–water partition coefficient (Wildman–Crippen LogP) is 2.28. The van der Waals surface area contributed by atoms with Crippen LogP contribution in [-0.4, -0.2) is 5.97 Å². The summed E-state index contributed by atoms with van der Waals surface area (Å²) in [6.07, 6.45) is 3.21. The molecule has 0 saturated heterocycles. The van der Waals surface area contributed by atoms with Crippen molar-refractivity contribution in [1.82, 2.24) is 0 Å². The molecule has 0 rings (SSSR count). The summed E-state index contributed by atoms with van der Waals surface area (Å²) in [4.78, 5) is 10.8. The number of rotatable bonds is 3. The molecular formula is C9H14O2. The van der Waals surface area contributed by atoms with Crippen LogP contribution in [0.4, 0.5) is 0 Å². The Balaban J connectivity index is 3.71. The second-order valence-electron chi connectivity index (χ2n) is 2.76. The molecule has 0 saturated carbocycles. The van der Waals surface area contributed by atoms with Crippen molar-refractivity contribution in [2.75, 3.05) is 0 Å². The maximum Gasteiger partial charge on any atom is 0.337 e. The van der Waals surface area contributed by atoms with Crippen molar-refractivity contribution >= 4 is 5.97 Å². The number of hydrogen-bond donors (Lipinski definition) is 0. The first kappa shape index (κ1) is 9.95. The topological polar surface area (TPSA) is 26.3 Å². The van der Waals surface area contributed by atoms with Crippen molar-refractivity contribution < 1.29 is 9.53 Å². The zero-order chi connectivity index (χ0) is 8.85. The second kappa shape index (κ2) is 4.72. The standard InChI is InChI=1S/C9H14O2/c1-7(2)5-6-11-9(10)8(3)4/h5-7H,3H2,1-2,4H3. The maximum absolute atomic E-state index is 10.8. The van der Waals surface area contributed by atoms with Gasteiger partial charge in [0.25, 0.3) is 0 Å². The van der Waals surface area contributed by atoms with Gasteiger partial charge in [0, 0.05) is 5.57 Å². The van der Waals surface area contributed by atoms with Gasteiger partial charge < -0.3 is 4.74 Å². The third-order valence-electron chi connectivity index (χ3n) is 0.987. The van der Waals surface area contributed by atoms with E-state index in [1.54, 1.807) is 13.0 Å². The van der Waals surface area contributed by atoms with Gasteiger partial charge in [0.05, 0.1) is 6.26 Å². The fourth-order valence-corrected chi connectivity index (χ4v) is 0.359. The summed E-state index contributed by atoms with van der Waals surface area (Å²) in [7, 11) is 0. The normalized spacial score (nSPS) is 10.5. The molecule has 2 nitrogen and oxygen atoms in total. The summed E-state index contributed by atoms with van der Waals surface area (Å²) < 4.78 is 4.70. The van der Waals surface area contributed by atoms with E-state index in [1.165, 1.54) is 6.26 Å². The van der Waals surface area contributed by atoms with E-state index < -0.39 is 0 Å². The number of hydrogen-bond acceptors (Lipinski definition) is 2. The Morgan fingerprint density at radius 3 is 2.45 bits per heavy atom. The molecule has 0 spiro atoms. The van der Waals surface area contributed by atoms with Crippen LogP contribution >= 0.6 is 0 Å². The molecule has 62 valence electrons. The SMILES string of the molecule is C=C(C)C(=O)OC=CC(C)C. The van der Waals surface area contributed by atoms with Crippen LogP contribution in [0.25, 0.3) is 0 Å². The van der Waals surface area contributed by atoms with Gasteiger partial charge in [0.2, 0.25) is 0 Å². The minimum absolute atomic E-state index is 0.373. The van der Waals surface area contributed by atoms with Crippen LogP contribution in [0.1, 0.15) is 20.8 Å². The van der Waals surface area contributed by atoms with E-state index in [1.807, 2.05) is 13.8 Å². The lowest BCUT2D eigenvalue weighted by Gasteiger charge is -1.97. The van der Waals surface area contributed by atoms with Gasteiger partial charge >= 0.3 is 5.97 Å². The van der Waals surface area contributed by atoms with Gasteiger partial charge in [0.15, 0.2) is 0 Å². The van der Waals surface area contributed by atoms with Crippen LogP contribution < -0.4 is 0 Å². The lowest BCUT2D eigenvalue weighted by Crippen LogP contribution is -1.99. The summed E-state index contributed by atoms with van der Waals surface area (Å²) >= 11 is 0. The van der Waals surface area contributed by atoms with Crippen LogP contribution in [0.3, 0.4) is 0 Å². The van der Waals surface area contributed by atoms with E-state index in [2.05, 4.69) is 6.58 Å². The van der Waals surface area contributed by atoms with Crippen molar-refractivity contribution in [1.29, 1.82) is 0 Å². The maximum atomic E-state index is 10.8. The van der Waals surface area contributed by atoms with E-state index in [-0.39, 0.29) is 5.97 Å². The smallest absolute Gasteiger partial charge is 0.337 e. The molecule has 0 radical (unpaired) electrons. The number of esters is 1. The fourth-order valence-electron chi connectivity index (χ4n) is 0.359. The van der Waals surface area contributed by atoms with Gasteiger partial charge in [-0.3, -0.25) is 0 Å². The predicted molar refractivity (Wildman–Crippen MR) is 44.9 cm³/mol. The van der Waals surface area contributed by atoms with E-state index in [4.69, 9.17) is 4.74 Å². The molecule has 0 atom stereocenters. The second-order valence-corrected chi connectivity index (χ2v) is 2.76. The molecule has 0 N–H and O–H groups in total. The molecule has 11 heavy (non-hydrogen) atoms. The third kappa shape index (κ3) is 5.40. The molecule has 0 aliphatic heterocycles. The molecule has 0 aromatic rings. The number of carbonyl (C=O) groups is 1. The molecule has 0 amide bonds. The zero-order valence-corrected chi connectivity index (χ0v) is 7.26. The highest BCUT2D eigenvalue weighted by atomic mass is 16.5. The number of carbonyl (C=O) groups excluding carboxylic acids is 1. The van der Waals surface area contributed by atoms with Crippen molar-refractivity contribution in [3.8, 4) is 0 Å². The highest BCUT2D eigenvalue weighted by molar-refractivity contribution is 5.87. The molecular weight excluding hydrogens is 140 g/mol. The van der Waals surface area contributed by atoms with Gasteiger partial charge in [-0.25, -0.2) is 4.79 Å². The molecule has 0 aromatic heterocycles. The quantitative estimate of drug-likeness (QED) is 0.354. The number of ether oxygens (including phenoxy) is 1. The molecule has 0 bridgehead atoms. The number of allylic oxidation sites excluding steroid dienone is 1. The molecule has 0 aliphatic rings. The van der Waals surface area contributed by atoms with Crippen LogP contribution in [0.15, 0.2) is 24.5 Å². The fraction of sp³-hybridized carbons (Fsp3) is 0.444. The molecule has 0 unspecified atom stereocenters. The van der Waals surface area contributed by atoms with Crippen molar-refractivity contribution in [2.24, 2.45) is 5.92 Å². The van der Waals surface area contributed by atoms with Gasteiger partial charge in [-0.05, 0) is 18.9 Å². The van der Waals surface area contributed by atoms with Gasteiger partial charge in [-0.2, -0.15) is 0 Å². The Bertz CT molecular complexity index is 178. The monoisotopic (exact) mass is 154 g/mol. The minimum atomic E-state index is -0.373. The Hall–Kier alpha value is -1.05. The van der Waals surface area contributed by atoms with Crippen molar-refractivity contribution in [2.45, 2.75) is 20.8 Å². The first-order chi connectivity index (χ1) is 5.04. The summed E-state index contributed by atoms with van der Waals surface area (Å²) in [5.74, 6) is 0.0230. The Kier molecular flexibility index (Phi) is 4.27. The Morgan fingerprint density at radius 2 is 2.09 bits per heavy atom. The van der Waals surface area contributed by atoms with Gasteiger partial charge in [-0.1, -0.05) is 20.4 Å². The summed E-state index contributed by atoms with van der Waals surface area (Å²) in [6.45, 7) is 9.07. The lowest BCUT2D eigenvalue weighted by molar-refractivity contribution is -0.133. The average Bonchev–Trinajstić information content (AvgIpc) is 1.86. The van der Waals surface area contributed by atoms with E-state index in [0.29, 0.717) is 11.5 Å². The molecule has 0 aromatic carbocycles. The zero-order valence-electron chi connectivity index (χ0n) is 7.26. The van der Waals surface area contributed by atoms with Gasteiger partial charge in [0.1, 0.15) is 0 Å². The summed E-state index contributed by atoms with van der Waals surface area (Å²) in [5, 5.41) is 0. The lowest BCUT2D eigenvalue weighted by atomic mass is 10.2.